The quantitative estimate of drug-likeness (QED) is 0.759. The molecule has 19 heavy (non-hydrogen) atoms. The summed E-state index contributed by atoms with van der Waals surface area (Å²) in [5.74, 6) is -0.526. The molecule has 0 aliphatic carbocycles. The van der Waals surface area contributed by atoms with E-state index in [0.29, 0.717) is 21.3 Å². The van der Waals surface area contributed by atoms with Crippen LogP contribution in [-0.4, -0.2) is 0 Å². The molecule has 0 saturated heterocycles. The highest BCUT2D eigenvalue weighted by molar-refractivity contribution is 7.16. The van der Waals surface area contributed by atoms with E-state index in [1.807, 2.05) is 12.1 Å². The molecule has 0 aliphatic heterocycles. The topological polar surface area (TPSA) is 26.0 Å². The van der Waals surface area contributed by atoms with Gasteiger partial charge in [0.05, 0.1) is 9.36 Å². The SMILES string of the molecule is CC(N)(Cc1ccc(Cl)s1)c1cc(F)c(Cl)cc1Cl. The van der Waals surface area contributed by atoms with E-state index in [9.17, 15) is 4.39 Å². The molecule has 1 heterocycles. The van der Waals surface area contributed by atoms with Crippen LogP contribution in [0.4, 0.5) is 4.39 Å². The summed E-state index contributed by atoms with van der Waals surface area (Å²) in [6.45, 7) is 1.80. The summed E-state index contributed by atoms with van der Waals surface area (Å²) < 4.78 is 14.3. The Bertz CT molecular complexity index is 610. The highest BCUT2D eigenvalue weighted by Gasteiger charge is 2.26. The lowest BCUT2D eigenvalue weighted by atomic mass is 9.89. The number of nitrogens with two attached hydrogens (primary N) is 1. The van der Waals surface area contributed by atoms with Crippen molar-refractivity contribution in [1.82, 2.24) is 0 Å². The molecule has 1 aromatic carbocycles. The minimum Gasteiger partial charge on any atom is -0.321 e. The molecule has 1 nitrogen and oxygen atoms in total. The van der Waals surface area contributed by atoms with E-state index < -0.39 is 11.4 Å². The Labute approximate surface area is 130 Å². The van der Waals surface area contributed by atoms with Gasteiger partial charge in [-0.15, -0.1) is 11.3 Å². The second-order valence-corrected chi connectivity index (χ2v) is 7.16. The molecule has 0 amide bonds. The number of benzene rings is 1. The molecule has 0 saturated carbocycles. The van der Waals surface area contributed by atoms with Gasteiger partial charge in [0, 0.05) is 21.9 Å². The number of thiophene rings is 1. The maximum absolute atomic E-state index is 13.6. The molecule has 1 unspecified atom stereocenters. The van der Waals surface area contributed by atoms with Crippen molar-refractivity contribution < 1.29 is 4.39 Å². The van der Waals surface area contributed by atoms with Gasteiger partial charge >= 0.3 is 0 Å². The molecule has 0 bridgehead atoms. The Morgan fingerprint density at radius 2 is 1.89 bits per heavy atom. The number of hydrogen-bond acceptors (Lipinski definition) is 2. The first-order valence-electron chi connectivity index (χ1n) is 5.48. The van der Waals surface area contributed by atoms with Gasteiger partial charge in [-0.2, -0.15) is 0 Å². The molecule has 2 rings (SSSR count). The second kappa shape index (κ2) is 5.58. The predicted octanol–water partition coefficient (Wildman–Crippen LogP) is 5.26. The molecule has 0 spiro atoms. The number of rotatable bonds is 3. The van der Waals surface area contributed by atoms with Gasteiger partial charge in [0.25, 0.3) is 0 Å². The molecular formula is C13H11Cl3FNS. The normalized spacial score (nSPS) is 14.4. The Kier molecular flexibility index (Phi) is 4.43. The molecule has 102 valence electrons. The lowest BCUT2D eigenvalue weighted by Crippen LogP contribution is -2.35. The molecule has 0 fully saturated rings. The van der Waals surface area contributed by atoms with E-state index in [0.717, 1.165) is 4.88 Å². The van der Waals surface area contributed by atoms with Gasteiger partial charge in [-0.1, -0.05) is 34.8 Å². The standard InChI is InChI=1S/C13H11Cl3FNS/c1-13(18,6-7-2-3-12(16)19-7)8-4-11(17)10(15)5-9(8)14/h2-5H,6,18H2,1H3. The van der Waals surface area contributed by atoms with Crippen molar-refractivity contribution in [3.05, 3.63) is 54.9 Å². The van der Waals surface area contributed by atoms with Gasteiger partial charge in [0.2, 0.25) is 0 Å². The summed E-state index contributed by atoms with van der Waals surface area (Å²) in [6, 6.07) is 6.38. The summed E-state index contributed by atoms with van der Waals surface area (Å²) in [5, 5.41) is 0.350. The molecule has 2 N–H and O–H groups in total. The summed E-state index contributed by atoms with van der Waals surface area (Å²) in [5.41, 5.74) is 6.00. The van der Waals surface area contributed by atoms with Crippen LogP contribution in [0, 0.1) is 5.82 Å². The van der Waals surface area contributed by atoms with Crippen LogP contribution in [0.1, 0.15) is 17.4 Å². The van der Waals surface area contributed by atoms with E-state index >= 15 is 0 Å². The Morgan fingerprint density at radius 1 is 1.21 bits per heavy atom. The average molecular weight is 339 g/mol. The molecule has 0 radical (unpaired) electrons. The smallest absolute Gasteiger partial charge is 0.142 e. The van der Waals surface area contributed by atoms with E-state index in [1.165, 1.54) is 23.5 Å². The Morgan fingerprint density at radius 3 is 2.47 bits per heavy atom. The van der Waals surface area contributed by atoms with E-state index in [-0.39, 0.29) is 5.02 Å². The molecule has 6 heteroatoms. The lowest BCUT2D eigenvalue weighted by Gasteiger charge is -2.26. The molecule has 1 atom stereocenters. The van der Waals surface area contributed by atoms with Crippen molar-refractivity contribution in [2.45, 2.75) is 18.9 Å². The van der Waals surface area contributed by atoms with Crippen molar-refractivity contribution in [2.75, 3.05) is 0 Å². The molecule has 0 aliphatic rings. The molecule has 2 aromatic rings. The maximum atomic E-state index is 13.6. The van der Waals surface area contributed by atoms with Crippen LogP contribution in [0.5, 0.6) is 0 Å². The van der Waals surface area contributed by atoms with Crippen molar-refractivity contribution in [3.63, 3.8) is 0 Å². The third kappa shape index (κ3) is 3.41. The zero-order valence-electron chi connectivity index (χ0n) is 10.0. The fraction of sp³-hybridized carbons (Fsp3) is 0.231. The van der Waals surface area contributed by atoms with Crippen molar-refractivity contribution in [2.24, 2.45) is 5.73 Å². The number of halogens is 4. The summed E-state index contributed by atoms with van der Waals surface area (Å²) in [7, 11) is 0. The van der Waals surface area contributed by atoms with Crippen LogP contribution in [-0.2, 0) is 12.0 Å². The third-order valence-electron chi connectivity index (χ3n) is 2.80. The fourth-order valence-electron chi connectivity index (χ4n) is 1.86. The largest absolute Gasteiger partial charge is 0.321 e. The van der Waals surface area contributed by atoms with Gasteiger partial charge in [0.1, 0.15) is 5.82 Å². The minimum atomic E-state index is -0.795. The average Bonchev–Trinajstić information content (AvgIpc) is 2.68. The van der Waals surface area contributed by atoms with Gasteiger partial charge < -0.3 is 5.73 Å². The van der Waals surface area contributed by atoms with Crippen LogP contribution >= 0.6 is 46.1 Å². The van der Waals surface area contributed by atoms with Gasteiger partial charge in [-0.3, -0.25) is 0 Å². The van der Waals surface area contributed by atoms with Gasteiger partial charge in [0.15, 0.2) is 0 Å². The highest BCUT2D eigenvalue weighted by Crippen LogP contribution is 2.34. The first-order chi connectivity index (χ1) is 8.79. The summed E-state index contributed by atoms with van der Waals surface area (Å²) >= 11 is 19.1. The van der Waals surface area contributed by atoms with Crippen molar-refractivity contribution >= 4 is 46.1 Å². The lowest BCUT2D eigenvalue weighted by molar-refractivity contribution is 0.490. The van der Waals surface area contributed by atoms with Gasteiger partial charge in [-0.25, -0.2) is 4.39 Å². The maximum Gasteiger partial charge on any atom is 0.142 e. The third-order valence-corrected chi connectivity index (χ3v) is 4.63. The Balaban J connectivity index is 2.36. The van der Waals surface area contributed by atoms with E-state index in [1.54, 1.807) is 6.92 Å². The zero-order valence-corrected chi connectivity index (χ0v) is 13.1. The van der Waals surface area contributed by atoms with Crippen LogP contribution in [0.3, 0.4) is 0 Å². The summed E-state index contributed by atoms with van der Waals surface area (Å²) in [4.78, 5) is 1.02. The van der Waals surface area contributed by atoms with Crippen LogP contribution in [0.25, 0.3) is 0 Å². The fourth-order valence-corrected chi connectivity index (χ4v) is 3.72. The summed E-state index contributed by atoms with van der Waals surface area (Å²) in [6.07, 6.45) is 0.519. The first-order valence-corrected chi connectivity index (χ1v) is 7.43. The predicted molar refractivity (Wildman–Crippen MR) is 81.0 cm³/mol. The zero-order chi connectivity index (χ0) is 14.2. The van der Waals surface area contributed by atoms with Gasteiger partial charge in [-0.05, 0) is 36.8 Å². The van der Waals surface area contributed by atoms with E-state index in [4.69, 9.17) is 40.5 Å². The van der Waals surface area contributed by atoms with Crippen molar-refractivity contribution in [3.8, 4) is 0 Å². The molecule has 1 aromatic heterocycles. The Hall–Kier alpha value is -0.320. The minimum absolute atomic E-state index is 0.0104. The molecular weight excluding hydrogens is 328 g/mol. The first kappa shape index (κ1) is 15.1. The van der Waals surface area contributed by atoms with Crippen LogP contribution in [0.2, 0.25) is 14.4 Å². The number of hydrogen-bond donors (Lipinski definition) is 1. The van der Waals surface area contributed by atoms with E-state index in [2.05, 4.69) is 0 Å². The van der Waals surface area contributed by atoms with Crippen LogP contribution < -0.4 is 5.73 Å². The monoisotopic (exact) mass is 337 g/mol. The highest BCUT2D eigenvalue weighted by atomic mass is 35.5. The van der Waals surface area contributed by atoms with Crippen molar-refractivity contribution in [1.29, 1.82) is 0 Å². The second-order valence-electron chi connectivity index (χ2n) is 4.55. The van der Waals surface area contributed by atoms with Crippen LogP contribution in [0.15, 0.2) is 24.3 Å².